The molecule has 0 bridgehead atoms. The van der Waals surface area contributed by atoms with Gasteiger partial charge in [-0.15, -0.1) is 0 Å². The van der Waals surface area contributed by atoms with Gasteiger partial charge in [0.2, 0.25) is 5.28 Å². The Balaban J connectivity index is 2.31. The number of pyridine rings is 1. The van der Waals surface area contributed by atoms with Gasteiger partial charge < -0.3 is 0 Å². The molecular formula is C12H6ClF3N4. The number of aromatic nitrogens is 4. The third-order valence-electron chi connectivity index (χ3n) is 2.72. The van der Waals surface area contributed by atoms with Crippen LogP contribution in [-0.4, -0.2) is 19.4 Å². The van der Waals surface area contributed by atoms with Crippen molar-refractivity contribution >= 4 is 17.2 Å². The lowest BCUT2D eigenvalue weighted by Gasteiger charge is -2.11. The lowest BCUT2D eigenvalue weighted by Crippen LogP contribution is -2.10. The number of alkyl halides is 3. The van der Waals surface area contributed by atoms with E-state index in [2.05, 4.69) is 15.0 Å². The summed E-state index contributed by atoms with van der Waals surface area (Å²) in [7, 11) is 0. The van der Waals surface area contributed by atoms with Crippen molar-refractivity contribution in [1.29, 1.82) is 0 Å². The summed E-state index contributed by atoms with van der Waals surface area (Å²) in [5.41, 5.74) is -0.522. The number of halogens is 4. The molecule has 0 amide bonds. The molecule has 20 heavy (non-hydrogen) atoms. The quantitative estimate of drug-likeness (QED) is 0.646. The van der Waals surface area contributed by atoms with Crippen LogP contribution in [0.15, 0.2) is 36.8 Å². The molecule has 3 aromatic heterocycles. The molecule has 0 radical (unpaired) electrons. The Morgan fingerprint density at radius 1 is 1.10 bits per heavy atom. The number of hydrogen-bond donors (Lipinski definition) is 0. The van der Waals surface area contributed by atoms with E-state index in [0.717, 1.165) is 0 Å². The molecule has 0 unspecified atom stereocenters. The second-order valence-corrected chi connectivity index (χ2v) is 4.31. The van der Waals surface area contributed by atoms with Crippen LogP contribution < -0.4 is 0 Å². The summed E-state index contributed by atoms with van der Waals surface area (Å²) >= 11 is 5.62. The van der Waals surface area contributed by atoms with E-state index >= 15 is 0 Å². The van der Waals surface area contributed by atoms with Gasteiger partial charge in [-0.25, -0.2) is 15.0 Å². The minimum absolute atomic E-state index is 0.206. The van der Waals surface area contributed by atoms with Crippen molar-refractivity contribution in [2.45, 2.75) is 6.18 Å². The third-order valence-corrected chi connectivity index (χ3v) is 2.91. The highest BCUT2D eigenvalue weighted by Gasteiger charge is 2.36. The van der Waals surface area contributed by atoms with Gasteiger partial charge in [0, 0.05) is 12.4 Å². The average molecular weight is 299 g/mol. The monoisotopic (exact) mass is 298 g/mol. The van der Waals surface area contributed by atoms with Crippen molar-refractivity contribution in [2.75, 3.05) is 0 Å². The van der Waals surface area contributed by atoms with Gasteiger partial charge in [0.05, 0.1) is 11.9 Å². The van der Waals surface area contributed by atoms with Crippen LogP contribution in [0.1, 0.15) is 5.56 Å². The fourth-order valence-electron chi connectivity index (χ4n) is 1.87. The molecule has 3 rings (SSSR count). The predicted octanol–water partition coefficient (Wildman–Crippen LogP) is 3.46. The van der Waals surface area contributed by atoms with E-state index in [0.29, 0.717) is 11.8 Å². The molecule has 4 nitrogen and oxygen atoms in total. The average Bonchev–Trinajstić information content (AvgIpc) is 2.80. The Morgan fingerprint density at radius 2 is 1.90 bits per heavy atom. The van der Waals surface area contributed by atoms with Crippen LogP contribution in [0.2, 0.25) is 5.28 Å². The minimum Gasteiger partial charge on any atom is -0.298 e. The molecule has 0 saturated heterocycles. The molecule has 0 spiro atoms. The van der Waals surface area contributed by atoms with Crippen LogP contribution in [-0.2, 0) is 6.18 Å². The topological polar surface area (TPSA) is 43.1 Å². The van der Waals surface area contributed by atoms with Gasteiger partial charge in [0.25, 0.3) is 0 Å². The zero-order valence-corrected chi connectivity index (χ0v) is 10.5. The van der Waals surface area contributed by atoms with E-state index in [1.54, 1.807) is 24.4 Å². The molecule has 0 saturated carbocycles. The normalized spacial score (nSPS) is 12.0. The van der Waals surface area contributed by atoms with Crippen molar-refractivity contribution in [2.24, 2.45) is 0 Å². The molecular weight excluding hydrogens is 293 g/mol. The Labute approximate surface area is 115 Å². The first kappa shape index (κ1) is 12.9. The summed E-state index contributed by atoms with van der Waals surface area (Å²) in [4.78, 5) is 11.1. The molecule has 102 valence electrons. The van der Waals surface area contributed by atoms with Gasteiger partial charge in [-0.3, -0.25) is 4.40 Å². The van der Waals surface area contributed by atoms with Gasteiger partial charge in [0.15, 0.2) is 0 Å². The Bertz CT molecular complexity index is 782. The number of fused-ring (bicyclic) bond motifs is 1. The third kappa shape index (κ3) is 2.09. The molecule has 3 aromatic rings. The first-order valence-electron chi connectivity index (χ1n) is 5.49. The Morgan fingerprint density at radius 3 is 2.65 bits per heavy atom. The molecule has 3 heterocycles. The Kier molecular flexibility index (Phi) is 2.86. The van der Waals surface area contributed by atoms with Crippen molar-refractivity contribution in [3.05, 3.63) is 47.6 Å². The van der Waals surface area contributed by atoms with Gasteiger partial charge in [-0.2, -0.15) is 13.2 Å². The predicted molar refractivity (Wildman–Crippen MR) is 66.2 cm³/mol. The highest BCUT2D eigenvalue weighted by Crippen LogP contribution is 2.36. The van der Waals surface area contributed by atoms with E-state index in [1.807, 2.05) is 0 Å². The molecule has 0 aliphatic heterocycles. The van der Waals surface area contributed by atoms with Gasteiger partial charge in [-0.1, -0.05) is 6.07 Å². The number of hydrogen-bond acceptors (Lipinski definition) is 3. The van der Waals surface area contributed by atoms with Crippen LogP contribution in [0.5, 0.6) is 0 Å². The molecule has 0 aliphatic rings. The van der Waals surface area contributed by atoms with Crippen LogP contribution in [0.4, 0.5) is 13.2 Å². The van der Waals surface area contributed by atoms with E-state index in [1.165, 1.54) is 10.6 Å². The van der Waals surface area contributed by atoms with Crippen LogP contribution in [0, 0.1) is 0 Å². The summed E-state index contributed by atoms with van der Waals surface area (Å²) in [5, 5.41) is -0.251. The number of imidazole rings is 1. The van der Waals surface area contributed by atoms with Crippen molar-refractivity contribution in [1.82, 2.24) is 19.4 Å². The molecule has 0 aliphatic carbocycles. The van der Waals surface area contributed by atoms with E-state index in [9.17, 15) is 13.2 Å². The zero-order valence-electron chi connectivity index (χ0n) is 9.76. The first-order valence-corrected chi connectivity index (χ1v) is 5.87. The molecule has 0 fully saturated rings. The molecule has 0 aromatic carbocycles. The largest absolute Gasteiger partial charge is 0.420 e. The van der Waals surface area contributed by atoms with E-state index < -0.39 is 11.7 Å². The fourth-order valence-corrected chi connectivity index (χ4v) is 2.00. The van der Waals surface area contributed by atoms with Crippen molar-refractivity contribution < 1.29 is 13.2 Å². The van der Waals surface area contributed by atoms with Crippen LogP contribution >= 0.6 is 11.6 Å². The molecule has 0 atom stereocenters. The van der Waals surface area contributed by atoms with Crippen molar-refractivity contribution in [3.63, 3.8) is 0 Å². The van der Waals surface area contributed by atoms with Crippen LogP contribution in [0.25, 0.3) is 17.0 Å². The maximum absolute atomic E-state index is 13.0. The smallest absolute Gasteiger partial charge is 0.298 e. The molecule has 8 heteroatoms. The summed E-state index contributed by atoms with van der Waals surface area (Å²) in [6.07, 6.45) is -0.969. The maximum atomic E-state index is 13.0. The summed E-state index contributed by atoms with van der Waals surface area (Å²) in [6.45, 7) is 0. The number of rotatable bonds is 1. The van der Waals surface area contributed by atoms with E-state index in [-0.39, 0.29) is 16.7 Å². The molecule has 0 N–H and O–H groups in total. The number of nitrogens with zero attached hydrogens (tertiary/aromatic N) is 4. The second kappa shape index (κ2) is 4.45. The Hall–Kier alpha value is -2.15. The SMILES string of the molecule is FC(F)(F)c1cnc(Cl)nc1-c1cnc2ccccn12. The second-order valence-electron chi connectivity index (χ2n) is 3.97. The summed E-state index contributed by atoms with van der Waals surface area (Å²) in [6, 6.07) is 5.11. The maximum Gasteiger partial charge on any atom is 0.420 e. The highest BCUT2D eigenvalue weighted by molar-refractivity contribution is 6.28. The van der Waals surface area contributed by atoms with Crippen molar-refractivity contribution in [3.8, 4) is 11.4 Å². The standard InChI is InChI=1S/C12H6ClF3N4/c13-11-18-5-7(12(14,15)16)10(19-11)8-6-17-9-3-1-2-4-20(8)9/h1-6H. The lowest BCUT2D eigenvalue weighted by molar-refractivity contribution is -0.137. The van der Waals surface area contributed by atoms with Gasteiger partial charge in [-0.05, 0) is 23.7 Å². The first-order chi connectivity index (χ1) is 9.47. The minimum atomic E-state index is -4.57. The zero-order chi connectivity index (χ0) is 14.3. The highest BCUT2D eigenvalue weighted by atomic mass is 35.5. The van der Waals surface area contributed by atoms with Gasteiger partial charge >= 0.3 is 6.18 Å². The van der Waals surface area contributed by atoms with Gasteiger partial charge in [0.1, 0.15) is 16.9 Å². The van der Waals surface area contributed by atoms with E-state index in [4.69, 9.17) is 11.6 Å². The lowest BCUT2D eigenvalue weighted by atomic mass is 10.2. The fraction of sp³-hybridized carbons (Fsp3) is 0.0833. The van der Waals surface area contributed by atoms with Crippen LogP contribution in [0.3, 0.4) is 0 Å². The summed E-state index contributed by atoms with van der Waals surface area (Å²) < 4.78 is 40.6. The summed E-state index contributed by atoms with van der Waals surface area (Å²) in [5.74, 6) is 0.